The SMILES string of the molecule is CN1/C(=C2/SC(=NCc3ccccc3)N(c3ccc(F)cc3)C2=O)Sc2ccc(Cl)cc21. The maximum absolute atomic E-state index is 13.6. The van der Waals surface area contributed by atoms with Crippen LogP contribution in [0.25, 0.3) is 0 Å². The second kappa shape index (κ2) is 8.65. The van der Waals surface area contributed by atoms with Crippen LogP contribution >= 0.6 is 35.1 Å². The monoisotopic (exact) mass is 481 g/mol. The molecule has 0 radical (unpaired) electrons. The van der Waals surface area contributed by atoms with Crippen molar-refractivity contribution >= 4 is 57.6 Å². The molecular formula is C24H17ClFN3OS2. The summed E-state index contributed by atoms with van der Waals surface area (Å²) in [4.78, 5) is 23.5. The molecule has 2 aliphatic rings. The number of amidine groups is 1. The van der Waals surface area contributed by atoms with Gasteiger partial charge in [-0.25, -0.2) is 4.39 Å². The molecular weight excluding hydrogens is 465 g/mol. The Hall–Kier alpha value is -2.74. The molecule has 2 aliphatic heterocycles. The van der Waals surface area contributed by atoms with E-state index in [2.05, 4.69) is 0 Å². The average molecular weight is 482 g/mol. The lowest BCUT2D eigenvalue weighted by Gasteiger charge is -2.17. The van der Waals surface area contributed by atoms with Crippen LogP contribution in [0.1, 0.15) is 5.56 Å². The standard InChI is InChI=1S/C24H17ClFN3OS2/c1-28-19-13-16(25)7-12-20(19)31-23(28)21-22(30)29(18-10-8-17(26)9-11-18)24(32-21)27-14-15-5-3-2-4-6-15/h2-13H,14H2,1H3/b23-21-,27-24?. The molecule has 3 aromatic carbocycles. The van der Waals surface area contributed by atoms with Gasteiger partial charge in [-0.15, -0.1) is 0 Å². The first-order valence-corrected chi connectivity index (χ1v) is 11.8. The predicted molar refractivity (Wildman–Crippen MR) is 132 cm³/mol. The van der Waals surface area contributed by atoms with Crippen molar-refractivity contribution in [1.29, 1.82) is 0 Å². The maximum Gasteiger partial charge on any atom is 0.274 e. The molecule has 0 bridgehead atoms. The molecule has 1 saturated heterocycles. The highest BCUT2D eigenvalue weighted by Gasteiger charge is 2.40. The second-order valence-electron chi connectivity index (χ2n) is 7.21. The van der Waals surface area contributed by atoms with Gasteiger partial charge in [0.2, 0.25) is 0 Å². The molecule has 3 aromatic rings. The normalized spacial score (nSPS) is 19.2. The molecule has 0 saturated carbocycles. The Kier molecular flexibility index (Phi) is 5.71. The van der Waals surface area contributed by atoms with Gasteiger partial charge in [-0.1, -0.05) is 53.7 Å². The fourth-order valence-electron chi connectivity index (χ4n) is 3.49. The Morgan fingerprint density at radius 3 is 2.50 bits per heavy atom. The zero-order chi connectivity index (χ0) is 22.2. The van der Waals surface area contributed by atoms with Crippen LogP contribution in [0.5, 0.6) is 0 Å². The average Bonchev–Trinajstić information content (AvgIpc) is 3.30. The van der Waals surface area contributed by atoms with E-state index in [1.807, 2.05) is 60.5 Å². The number of halogens is 2. The van der Waals surface area contributed by atoms with Gasteiger partial charge in [-0.2, -0.15) is 0 Å². The third-order valence-electron chi connectivity index (χ3n) is 5.09. The fourth-order valence-corrected chi connectivity index (χ4v) is 5.96. The van der Waals surface area contributed by atoms with Crippen LogP contribution in [-0.4, -0.2) is 18.1 Å². The summed E-state index contributed by atoms with van der Waals surface area (Å²) in [6, 6.07) is 21.4. The third-order valence-corrected chi connectivity index (χ3v) is 7.76. The summed E-state index contributed by atoms with van der Waals surface area (Å²) in [6.45, 7) is 0.440. The van der Waals surface area contributed by atoms with E-state index in [1.165, 1.54) is 35.7 Å². The summed E-state index contributed by atoms with van der Waals surface area (Å²) >= 11 is 9.05. The molecule has 1 fully saturated rings. The lowest BCUT2D eigenvalue weighted by Crippen LogP contribution is -2.29. The number of hydrogen-bond donors (Lipinski definition) is 0. The van der Waals surface area contributed by atoms with E-state index in [4.69, 9.17) is 16.6 Å². The number of rotatable bonds is 3. The van der Waals surface area contributed by atoms with E-state index in [0.717, 1.165) is 21.2 Å². The molecule has 0 unspecified atom stereocenters. The predicted octanol–water partition coefficient (Wildman–Crippen LogP) is 6.53. The van der Waals surface area contributed by atoms with E-state index in [0.29, 0.717) is 27.3 Å². The number of aliphatic imine (C=N–C) groups is 1. The van der Waals surface area contributed by atoms with Gasteiger partial charge in [0.25, 0.3) is 5.91 Å². The molecule has 5 rings (SSSR count). The Balaban J connectivity index is 1.55. The number of thioether (sulfide) groups is 2. The number of benzene rings is 3. The Bertz CT molecular complexity index is 1260. The van der Waals surface area contributed by atoms with Crippen LogP contribution in [0, 0.1) is 5.82 Å². The van der Waals surface area contributed by atoms with Gasteiger partial charge in [-0.3, -0.25) is 14.7 Å². The first-order chi connectivity index (χ1) is 15.5. The molecule has 0 aromatic heterocycles. The minimum atomic E-state index is -0.354. The summed E-state index contributed by atoms with van der Waals surface area (Å²) in [5.74, 6) is -0.533. The molecule has 1 amide bonds. The summed E-state index contributed by atoms with van der Waals surface area (Å²) in [6.07, 6.45) is 0. The smallest absolute Gasteiger partial charge is 0.274 e. The number of nitrogens with zero attached hydrogens (tertiary/aromatic N) is 3. The van der Waals surface area contributed by atoms with Crippen LogP contribution in [0.4, 0.5) is 15.8 Å². The number of hydrogen-bond acceptors (Lipinski definition) is 5. The van der Waals surface area contributed by atoms with Gasteiger partial charge in [0.15, 0.2) is 5.17 Å². The Labute approximate surface area is 198 Å². The van der Waals surface area contributed by atoms with Gasteiger partial charge in [0.05, 0.1) is 22.9 Å². The number of carbonyl (C=O) groups excluding carboxylic acids is 1. The number of carbonyl (C=O) groups is 1. The van der Waals surface area contributed by atoms with E-state index in [1.54, 1.807) is 17.0 Å². The van der Waals surface area contributed by atoms with Crippen LogP contribution in [-0.2, 0) is 11.3 Å². The van der Waals surface area contributed by atoms with Gasteiger partial charge in [0.1, 0.15) is 10.7 Å². The maximum atomic E-state index is 13.6. The summed E-state index contributed by atoms with van der Waals surface area (Å²) < 4.78 is 13.5. The summed E-state index contributed by atoms with van der Waals surface area (Å²) in [5.41, 5.74) is 2.58. The fraction of sp³-hybridized carbons (Fsp3) is 0.0833. The van der Waals surface area contributed by atoms with Crippen LogP contribution in [0.2, 0.25) is 5.02 Å². The molecule has 0 spiro atoms. The highest BCUT2D eigenvalue weighted by atomic mass is 35.5. The zero-order valence-electron chi connectivity index (χ0n) is 17.0. The first kappa shape index (κ1) is 21.1. The minimum absolute atomic E-state index is 0.179. The van der Waals surface area contributed by atoms with Crippen LogP contribution in [0.3, 0.4) is 0 Å². The van der Waals surface area contributed by atoms with E-state index in [-0.39, 0.29) is 11.7 Å². The van der Waals surface area contributed by atoms with Crippen molar-refractivity contribution in [3.8, 4) is 0 Å². The van der Waals surface area contributed by atoms with E-state index >= 15 is 0 Å². The topological polar surface area (TPSA) is 35.9 Å². The number of anilines is 2. The van der Waals surface area contributed by atoms with Crippen molar-refractivity contribution in [2.45, 2.75) is 11.4 Å². The van der Waals surface area contributed by atoms with Crippen molar-refractivity contribution in [1.82, 2.24) is 0 Å². The van der Waals surface area contributed by atoms with Gasteiger partial charge in [0, 0.05) is 17.0 Å². The van der Waals surface area contributed by atoms with Gasteiger partial charge < -0.3 is 4.90 Å². The number of amides is 1. The molecule has 4 nitrogen and oxygen atoms in total. The lowest BCUT2D eigenvalue weighted by atomic mass is 10.2. The van der Waals surface area contributed by atoms with Crippen molar-refractivity contribution in [3.05, 3.63) is 99.1 Å². The third kappa shape index (κ3) is 3.92. The second-order valence-corrected chi connectivity index (χ2v) is 9.66. The molecule has 160 valence electrons. The lowest BCUT2D eigenvalue weighted by molar-refractivity contribution is -0.113. The Morgan fingerprint density at radius 2 is 1.75 bits per heavy atom. The molecule has 32 heavy (non-hydrogen) atoms. The van der Waals surface area contributed by atoms with Crippen molar-refractivity contribution in [3.63, 3.8) is 0 Å². The van der Waals surface area contributed by atoms with E-state index < -0.39 is 0 Å². The van der Waals surface area contributed by atoms with Crippen LogP contribution in [0.15, 0.2) is 92.6 Å². The summed E-state index contributed by atoms with van der Waals surface area (Å²) in [7, 11) is 1.92. The van der Waals surface area contributed by atoms with Gasteiger partial charge >= 0.3 is 0 Å². The van der Waals surface area contributed by atoms with Crippen molar-refractivity contribution < 1.29 is 9.18 Å². The molecule has 8 heteroatoms. The zero-order valence-corrected chi connectivity index (χ0v) is 19.3. The minimum Gasteiger partial charge on any atom is -0.337 e. The highest BCUT2D eigenvalue weighted by Crippen LogP contribution is 2.51. The van der Waals surface area contributed by atoms with Crippen molar-refractivity contribution in [2.75, 3.05) is 16.8 Å². The quantitative estimate of drug-likeness (QED) is 0.398. The first-order valence-electron chi connectivity index (χ1n) is 9.83. The Morgan fingerprint density at radius 1 is 1.00 bits per heavy atom. The highest BCUT2D eigenvalue weighted by molar-refractivity contribution is 8.20. The molecule has 0 atom stereocenters. The largest absolute Gasteiger partial charge is 0.337 e. The number of fused-ring (bicyclic) bond motifs is 1. The van der Waals surface area contributed by atoms with Crippen LogP contribution < -0.4 is 9.80 Å². The van der Waals surface area contributed by atoms with Gasteiger partial charge in [-0.05, 0) is 59.8 Å². The molecule has 2 heterocycles. The van der Waals surface area contributed by atoms with E-state index in [9.17, 15) is 9.18 Å². The summed E-state index contributed by atoms with van der Waals surface area (Å²) in [5, 5.41) is 2.04. The van der Waals surface area contributed by atoms with Crippen molar-refractivity contribution in [2.24, 2.45) is 4.99 Å². The molecule has 0 aliphatic carbocycles. The molecule has 0 N–H and O–H groups in total.